The zero-order valence-electron chi connectivity index (χ0n) is 18.6. The molecule has 186 valence electrons. The largest absolute Gasteiger partial charge is 0.481 e. The maximum atomic E-state index is 12.9. The summed E-state index contributed by atoms with van der Waals surface area (Å²) >= 11 is 0. The number of rotatable bonds is 12. The molecule has 4 unspecified atom stereocenters. The molecule has 12 nitrogen and oxygen atoms in total. The lowest BCUT2D eigenvalue weighted by molar-refractivity contribution is -0.150. The van der Waals surface area contributed by atoms with Gasteiger partial charge in [0.25, 0.3) is 0 Å². The first-order valence-electron chi connectivity index (χ1n) is 10.9. The number of nitrogens with zero attached hydrogens (tertiary/aromatic N) is 1. The van der Waals surface area contributed by atoms with Gasteiger partial charge in [0, 0.05) is 13.0 Å². The van der Waals surface area contributed by atoms with Crippen LogP contribution in [0.3, 0.4) is 0 Å². The number of likely N-dealkylation sites (tertiary alicyclic amines) is 1. The zero-order chi connectivity index (χ0) is 25.3. The number of aliphatic hydroxyl groups excluding tert-OH is 1. The van der Waals surface area contributed by atoms with Gasteiger partial charge >= 0.3 is 11.9 Å². The number of carbonyl (C=O) groups excluding carboxylic acids is 3. The van der Waals surface area contributed by atoms with Crippen molar-refractivity contribution in [1.29, 1.82) is 0 Å². The highest BCUT2D eigenvalue weighted by molar-refractivity contribution is 5.94. The smallest absolute Gasteiger partial charge is 0.326 e. The van der Waals surface area contributed by atoms with E-state index in [0.29, 0.717) is 6.42 Å². The summed E-state index contributed by atoms with van der Waals surface area (Å²) in [6.45, 7) is -0.638. The minimum Gasteiger partial charge on any atom is -0.481 e. The predicted molar refractivity (Wildman–Crippen MR) is 118 cm³/mol. The Bertz CT molecular complexity index is 894. The summed E-state index contributed by atoms with van der Waals surface area (Å²) in [6, 6.07) is 4.09. The van der Waals surface area contributed by atoms with Crippen molar-refractivity contribution in [1.82, 2.24) is 15.5 Å². The monoisotopic (exact) mass is 478 g/mol. The van der Waals surface area contributed by atoms with Crippen molar-refractivity contribution >= 4 is 29.7 Å². The number of aliphatic carboxylic acids is 2. The molecule has 1 saturated heterocycles. The number of carboxylic acids is 2. The molecule has 0 saturated carbocycles. The van der Waals surface area contributed by atoms with Crippen LogP contribution in [0.2, 0.25) is 0 Å². The lowest BCUT2D eigenvalue weighted by Crippen LogP contribution is -2.58. The first-order chi connectivity index (χ1) is 16.1. The molecule has 0 aliphatic carbocycles. The van der Waals surface area contributed by atoms with E-state index < -0.39 is 66.9 Å². The van der Waals surface area contributed by atoms with Gasteiger partial charge in [0.1, 0.15) is 18.1 Å². The normalized spacial score (nSPS) is 17.9. The summed E-state index contributed by atoms with van der Waals surface area (Å²) < 4.78 is 0. The summed E-state index contributed by atoms with van der Waals surface area (Å²) in [7, 11) is 0. The fourth-order valence-electron chi connectivity index (χ4n) is 3.72. The highest BCUT2D eigenvalue weighted by atomic mass is 16.4. The summed E-state index contributed by atoms with van der Waals surface area (Å²) in [5, 5.41) is 32.6. The number of amides is 3. The fraction of sp³-hybridized carbons (Fsp3) is 0.500. The second-order valence-electron chi connectivity index (χ2n) is 8.06. The van der Waals surface area contributed by atoms with E-state index in [2.05, 4.69) is 10.6 Å². The Kier molecular flexibility index (Phi) is 9.95. The van der Waals surface area contributed by atoms with Crippen molar-refractivity contribution < 1.29 is 39.3 Å². The summed E-state index contributed by atoms with van der Waals surface area (Å²) in [5.74, 6) is -4.75. The molecule has 12 heteroatoms. The molecular formula is C22H30N4O8. The van der Waals surface area contributed by atoms with Crippen LogP contribution in [-0.4, -0.2) is 87.2 Å². The number of hydrogen-bond donors (Lipinski definition) is 6. The van der Waals surface area contributed by atoms with Crippen LogP contribution in [0, 0.1) is 0 Å². The van der Waals surface area contributed by atoms with Gasteiger partial charge in [-0.3, -0.25) is 19.2 Å². The van der Waals surface area contributed by atoms with Crippen LogP contribution in [0.25, 0.3) is 0 Å². The average molecular weight is 479 g/mol. The van der Waals surface area contributed by atoms with Gasteiger partial charge in [-0.25, -0.2) is 4.79 Å². The lowest BCUT2D eigenvalue weighted by Gasteiger charge is -2.28. The Morgan fingerprint density at radius 2 is 1.68 bits per heavy atom. The second kappa shape index (κ2) is 12.7. The molecule has 0 bridgehead atoms. The Morgan fingerprint density at radius 3 is 2.26 bits per heavy atom. The van der Waals surface area contributed by atoms with Crippen LogP contribution in [-0.2, 0) is 30.4 Å². The molecule has 1 aromatic rings. The van der Waals surface area contributed by atoms with Crippen LogP contribution in [0.15, 0.2) is 30.3 Å². The highest BCUT2D eigenvalue weighted by Gasteiger charge is 2.38. The van der Waals surface area contributed by atoms with Gasteiger partial charge < -0.3 is 36.6 Å². The van der Waals surface area contributed by atoms with E-state index in [9.17, 15) is 34.2 Å². The van der Waals surface area contributed by atoms with Crippen LogP contribution < -0.4 is 16.4 Å². The van der Waals surface area contributed by atoms with Crippen LogP contribution in [0.5, 0.6) is 0 Å². The molecule has 3 amide bonds. The molecular weight excluding hydrogens is 448 g/mol. The third-order valence-electron chi connectivity index (χ3n) is 5.53. The standard InChI is InChI=1S/C22H30N4O8/c23-14(11-13-5-2-1-3-6-13)19(30)25-16(12-27)20(31)24-15(8-9-18(28)29)21(32)26-10-4-7-17(26)22(33)34/h1-3,5-6,14-17,27H,4,7-12,23H2,(H,24,31)(H,25,30)(H,28,29)(H,33,34). The molecule has 0 spiro atoms. The van der Waals surface area contributed by atoms with Gasteiger partial charge in [-0.05, 0) is 31.2 Å². The molecule has 7 N–H and O–H groups in total. The Labute approximate surface area is 196 Å². The van der Waals surface area contributed by atoms with E-state index in [1.165, 1.54) is 0 Å². The average Bonchev–Trinajstić information content (AvgIpc) is 3.30. The van der Waals surface area contributed by atoms with E-state index in [1.54, 1.807) is 24.3 Å². The molecule has 2 rings (SSSR count). The quantitative estimate of drug-likeness (QED) is 0.206. The van der Waals surface area contributed by atoms with Crippen LogP contribution >= 0.6 is 0 Å². The summed E-state index contributed by atoms with van der Waals surface area (Å²) in [6.07, 6.45) is 0.145. The molecule has 0 aromatic heterocycles. The van der Waals surface area contributed by atoms with E-state index in [-0.39, 0.29) is 25.8 Å². The molecule has 0 radical (unpaired) electrons. The van der Waals surface area contributed by atoms with Crippen molar-refractivity contribution in [3.63, 3.8) is 0 Å². The van der Waals surface area contributed by atoms with E-state index in [0.717, 1.165) is 10.5 Å². The van der Waals surface area contributed by atoms with Crippen molar-refractivity contribution in [3.05, 3.63) is 35.9 Å². The molecule has 34 heavy (non-hydrogen) atoms. The third kappa shape index (κ3) is 7.52. The zero-order valence-corrected chi connectivity index (χ0v) is 18.6. The van der Waals surface area contributed by atoms with E-state index in [1.807, 2.05) is 6.07 Å². The maximum Gasteiger partial charge on any atom is 0.326 e. The minimum atomic E-state index is -1.44. The summed E-state index contributed by atoms with van der Waals surface area (Å²) in [5.41, 5.74) is 6.70. The first-order valence-corrected chi connectivity index (χ1v) is 10.9. The predicted octanol–water partition coefficient (Wildman–Crippen LogP) is -1.54. The van der Waals surface area contributed by atoms with Crippen LogP contribution in [0.4, 0.5) is 0 Å². The van der Waals surface area contributed by atoms with E-state index in [4.69, 9.17) is 10.8 Å². The summed E-state index contributed by atoms with van der Waals surface area (Å²) in [4.78, 5) is 61.6. The van der Waals surface area contributed by atoms with Crippen LogP contribution in [0.1, 0.15) is 31.2 Å². The number of aliphatic hydroxyl groups is 1. The number of nitrogens with one attached hydrogen (secondary N) is 2. The molecule has 1 aliphatic rings. The minimum absolute atomic E-state index is 0.156. The number of hydrogen-bond acceptors (Lipinski definition) is 7. The van der Waals surface area contributed by atoms with Gasteiger partial charge in [-0.1, -0.05) is 30.3 Å². The Morgan fingerprint density at radius 1 is 1.03 bits per heavy atom. The van der Waals surface area contributed by atoms with Crippen molar-refractivity contribution in [3.8, 4) is 0 Å². The van der Waals surface area contributed by atoms with E-state index >= 15 is 0 Å². The topological polar surface area (TPSA) is 199 Å². The van der Waals surface area contributed by atoms with Gasteiger partial charge in [-0.15, -0.1) is 0 Å². The molecule has 1 aliphatic heterocycles. The van der Waals surface area contributed by atoms with Gasteiger partial charge in [-0.2, -0.15) is 0 Å². The first kappa shape index (κ1) is 26.7. The molecule has 1 heterocycles. The number of benzene rings is 1. The fourth-order valence-corrected chi connectivity index (χ4v) is 3.72. The van der Waals surface area contributed by atoms with Gasteiger partial charge in [0.15, 0.2) is 0 Å². The Hall–Kier alpha value is -3.51. The Balaban J connectivity index is 2.05. The molecule has 1 aromatic carbocycles. The third-order valence-corrected chi connectivity index (χ3v) is 5.53. The van der Waals surface area contributed by atoms with Gasteiger partial charge in [0.05, 0.1) is 12.6 Å². The molecule has 1 fully saturated rings. The number of carbonyl (C=O) groups is 5. The maximum absolute atomic E-state index is 12.9. The molecule has 4 atom stereocenters. The number of nitrogens with two attached hydrogens (primary N) is 1. The van der Waals surface area contributed by atoms with Crippen molar-refractivity contribution in [2.24, 2.45) is 5.73 Å². The van der Waals surface area contributed by atoms with Gasteiger partial charge in [0.2, 0.25) is 17.7 Å². The number of carboxylic acid groups (broad SMARTS) is 2. The van der Waals surface area contributed by atoms with Crippen molar-refractivity contribution in [2.45, 2.75) is 56.3 Å². The second-order valence-corrected chi connectivity index (χ2v) is 8.06. The SMILES string of the molecule is NC(Cc1ccccc1)C(=O)NC(CO)C(=O)NC(CCC(=O)O)C(=O)N1CCCC1C(=O)O. The highest BCUT2D eigenvalue weighted by Crippen LogP contribution is 2.19. The van der Waals surface area contributed by atoms with Crippen molar-refractivity contribution in [2.75, 3.05) is 13.2 Å². The lowest BCUT2D eigenvalue weighted by atomic mass is 10.1.